The van der Waals surface area contributed by atoms with Crippen LogP contribution in [-0.2, 0) is 0 Å². The van der Waals surface area contributed by atoms with Crippen LogP contribution in [0.15, 0.2) is 10.8 Å². The second-order valence-electron chi connectivity index (χ2n) is 4.08. The summed E-state index contributed by atoms with van der Waals surface area (Å²) < 4.78 is 2.25. The highest BCUT2D eigenvalue weighted by molar-refractivity contribution is 9.10. The maximum Gasteiger partial charge on any atom is 0.355 e. The van der Waals surface area contributed by atoms with E-state index in [1.807, 2.05) is 20.8 Å². The molecule has 0 amide bonds. The van der Waals surface area contributed by atoms with Gasteiger partial charge in [0, 0.05) is 6.54 Å². The van der Waals surface area contributed by atoms with Crippen molar-refractivity contribution in [3.8, 4) is 5.82 Å². The fraction of sp³-hybridized carbons (Fsp3) is 0.364. The third-order valence-electron chi connectivity index (χ3n) is 2.73. The maximum atomic E-state index is 11.3. The van der Waals surface area contributed by atoms with Gasteiger partial charge in [-0.15, -0.1) is 0 Å². The van der Waals surface area contributed by atoms with Crippen molar-refractivity contribution in [1.29, 1.82) is 0 Å². The Morgan fingerprint density at radius 3 is 2.65 bits per heavy atom. The molecule has 0 aliphatic carbocycles. The first kappa shape index (κ1) is 14.4. The minimum absolute atomic E-state index is 0.146. The fourth-order valence-electron chi connectivity index (χ4n) is 1.82. The summed E-state index contributed by atoms with van der Waals surface area (Å²) in [6.45, 7) is 5.98. The number of halogens is 1. The number of nitrogens with zero attached hydrogens (tertiary/aromatic N) is 5. The molecule has 20 heavy (non-hydrogen) atoms. The second kappa shape index (κ2) is 5.53. The molecule has 0 aromatic carbocycles. The topological polar surface area (TPSA) is 98.8 Å². The molecule has 8 nitrogen and oxygen atoms in total. The summed E-state index contributed by atoms with van der Waals surface area (Å²) in [6, 6.07) is 0. The number of aromatic nitrogens is 4. The first-order valence-corrected chi connectivity index (χ1v) is 6.72. The van der Waals surface area contributed by atoms with Gasteiger partial charge in [-0.25, -0.2) is 14.6 Å². The molecule has 0 fully saturated rings. The summed E-state index contributed by atoms with van der Waals surface area (Å²) in [5.41, 5.74) is 1.29. The molecule has 2 aromatic rings. The van der Waals surface area contributed by atoms with Crippen LogP contribution in [0.1, 0.15) is 18.3 Å². The van der Waals surface area contributed by atoms with Gasteiger partial charge in [-0.05, 0) is 36.7 Å². The van der Waals surface area contributed by atoms with Gasteiger partial charge in [0.15, 0.2) is 0 Å². The van der Waals surface area contributed by atoms with Crippen molar-refractivity contribution in [3.05, 3.63) is 32.3 Å². The van der Waals surface area contributed by atoms with Crippen molar-refractivity contribution < 1.29 is 4.92 Å². The van der Waals surface area contributed by atoms with Gasteiger partial charge in [-0.1, -0.05) is 0 Å². The number of anilines is 1. The zero-order valence-corrected chi connectivity index (χ0v) is 12.8. The Morgan fingerprint density at radius 1 is 1.45 bits per heavy atom. The molecule has 2 rings (SSSR count). The molecule has 0 bridgehead atoms. The molecule has 0 unspecified atom stereocenters. The van der Waals surface area contributed by atoms with Crippen LogP contribution in [0.25, 0.3) is 5.82 Å². The minimum Gasteiger partial charge on any atom is -0.364 e. The molecule has 9 heteroatoms. The molecule has 0 spiro atoms. The van der Waals surface area contributed by atoms with E-state index in [9.17, 15) is 10.1 Å². The number of rotatable bonds is 4. The Labute approximate surface area is 123 Å². The minimum atomic E-state index is -0.502. The lowest BCUT2D eigenvalue weighted by Gasteiger charge is -2.08. The lowest BCUT2D eigenvalue weighted by Crippen LogP contribution is -2.11. The number of nitro groups is 1. The van der Waals surface area contributed by atoms with E-state index in [-0.39, 0.29) is 17.3 Å². The van der Waals surface area contributed by atoms with Gasteiger partial charge < -0.3 is 5.32 Å². The van der Waals surface area contributed by atoms with Crippen LogP contribution in [0.5, 0.6) is 0 Å². The zero-order chi connectivity index (χ0) is 14.9. The van der Waals surface area contributed by atoms with Crippen LogP contribution in [0.2, 0.25) is 0 Å². The third-order valence-corrected chi connectivity index (χ3v) is 3.88. The van der Waals surface area contributed by atoms with Gasteiger partial charge in [0.1, 0.15) is 6.33 Å². The van der Waals surface area contributed by atoms with Crippen molar-refractivity contribution in [2.45, 2.75) is 20.8 Å². The molecule has 2 heterocycles. The van der Waals surface area contributed by atoms with Crippen LogP contribution in [0.3, 0.4) is 0 Å². The standard InChI is InChI=1S/C11H13BrN6O2/c1-4-13-10-9(18(19)20)11(15-5-14-10)17-7(3)8(12)6(2)16-17/h5H,4H2,1-3H3,(H,13,14,15). The van der Waals surface area contributed by atoms with Crippen molar-refractivity contribution in [1.82, 2.24) is 19.7 Å². The summed E-state index contributed by atoms with van der Waals surface area (Å²) in [7, 11) is 0. The largest absolute Gasteiger partial charge is 0.364 e. The van der Waals surface area contributed by atoms with Gasteiger partial charge in [0.25, 0.3) is 0 Å². The molecule has 106 valence electrons. The molecule has 1 N–H and O–H groups in total. The smallest absolute Gasteiger partial charge is 0.355 e. The summed E-state index contributed by atoms with van der Waals surface area (Å²) in [5.74, 6) is 0.332. The molecular formula is C11H13BrN6O2. The van der Waals surface area contributed by atoms with Crippen LogP contribution in [0, 0.1) is 24.0 Å². The number of nitrogens with one attached hydrogen (secondary N) is 1. The second-order valence-corrected chi connectivity index (χ2v) is 4.87. The first-order valence-electron chi connectivity index (χ1n) is 5.92. The van der Waals surface area contributed by atoms with E-state index < -0.39 is 4.92 Å². The Bertz CT molecular complexity index is 669. The van der Waals surface area contributed by atoms with E-state index in [1.54, 1.807) is 0 Å². The number of hydrogen-bond acceptors (Lipinski definition) is 6. The molecule has 0 atom stereocenters. The SMILES string of the molecule is CCNc1ncnc(-n2nc(C)c(Br)c2C)c1[N+](=O)[O-]. The highest BCUT2D eigenvalue weighted by Gasteiger charge is 2.26. The summed E-state index contributed by atoms with van der Waals surface area (Å²) in [6.07, 6.45) is 1.28. The van der Waals surface area contributed by atoms with Gasteiger partial charge in [0.05, 0.1) is 20.8 Å². The van der Waals surface area contributed by atoms with Crippen LogP contribution >= 0.6 is 15.9 Å². The van der Waals surface area contributed by atoms with E-state index in [0.717, 1.165) is 15.9 Å². The molecule has 0 radical (unpaired) electrons. The Balaban J connectivity index is 2.70. The average Bonchev–Trinajstić information content (AvgIpc) is 2.66. The Hall–Kier alpha value is -2.03. The molecule has 0 saturated carbocycles. The monoisotopic (exact) mass is 340 g/mol. The van der Waals surface area contributed by atoms with Crippen molar-refractivity contribution in [3.63, 3.8) is 0 Å². The molecule has 0 saturated heterocycles. The summed E-state index contributed by atoms with van der Waals surface area (Å²) in [4.78, 5) is 18.8. The summed E-state index contributed by atoms with van der Waals surface area (Å²) >= 11 is 3.40. The molecular weight excluding hydrogens is 328 g/mol. The predicted octanol–water partition coefficient (Wildman–Crippen LogP) is 2.38. The Kier molecular flexibility index (Phi) is 3.98. The maximum absolute atomic E-state index is 11.3. The van der Waals surface area contributed by atoms with Gasteiger partial charge in [-0.2, -0.15) is 5.10 Å². The molecule has 0 aliphatic rings. The Morgan fingerprint density at radius 2 is 2.15 bits per heavy atom. The number of aryl methyl sites for hydroxylation is 1. The van der Waals surface area contributed by atoms with E-state index >= 15 is 0 Å². The first-order chi connectivity index (χ1) is 9.47. The van der Waals surface area contributed by atoms with Crippen LogP contribution < -0.4 is 5.32 Å². The van der Waals surface area contributed by atoms with E-state index in [1.165, 1.54) is 11.0 Å². The highest BCUT2D eigenvalue weighted by atomic mass is 79.9. The zero-order valence-electron chi connectivity index (χ0n) is 11.2. The summed E-state index contributed by atoms with van der Waals surface area (Å²) in [5, 5.41) is 18.5. The lowest BCUT2D eigenvalue weighted by atomic mass is 10.4. The highest BCUT2D eigenvalue weighted by Crippen LogP contribution is 2.30. The normalized spacial score (nSPS) is 10.6. The third kappa shape index (κ3) is 2.36. The quantitative estimate of drug-likeness (QED) is 0.677. The van der Waals surface area contributed by atoms with Crippen LogP contribution in [-0.4, -0.2) is 31.2 Å². The van der Waals surface area contributed by atoms with Crippen molar-refractivity contribution >= 4 is 27.4 Å². The van der Waals surface area contributed by atoms with E-state index in [4.69, 9.17) is 0 Å². The number of hydrogen-bond donors (Lipinski definition) is 1. The van der Waals surface area contributed by atoms with Crippen molar-refractivity contribution in [2.24, 2.45) is 0 Å². The van der Waals surface area contributed by atoms with Gasteiger partial charge in [0.2, 0.25) is 11.6 Å². The predicted molar refractivity (Wildman–Crippen MR) is 77.1 cm³/mol. The van der Waals surface area contributed by atoms with Crippen molar-refractivity contribution in [2.75, 3.05) is 11.9 Å². The van der Waals surface area contributed by atoms with Gasteiger partial charge in [-0.3, -0.25) is 10.1 Å². The van der Waals surface area contributed by atoms with Gasteiger partial charge >= 0.3 is 5.69 Å². The molecule has 0 aliphatic heterocycles. The van der Waals surface area contributed by atoms with Crippen LogP contribution in [0.4, 0.5) is 11.5 Å². The fourth-order valence-corrected chi connectivity index (χ4v) is 2.07. The van der Waals surface area contributed by atoms with E-state index in [0.29, 0.717) is 6.54 Å². The van der Waals surface area contributed by atoms with E-state index in [2.05, 4.69) is 36.3 Å². The molecule has 2 aromatic heterocycles. The average molecular weight is 341 g/mol. The lowest BCUT2D eigenvalue weighted by molar-refractivity contribution is -0.384.